The summed E-state index contributed by atoms with van der Waals surface area (Å²) in [6.07, 6.45) is 1.61. The fraction of sp³-hybridized carbons (Fsp3) is 0.0870. The fourth-order valence-corrected chi connectivity index (χ4v) is 4.91. The summed E-state index contributed by atoms with van der Waals surface area (Å²) in [5.74, 6) is -0.768. The van der Waals surface area contributed by atoms with Gasteiger partial charge in [0, 0.05) is 11.1 Å². The molecule has 1 aliphatic heterocycles. The van der Waals surface area contributed by atoms with Crippen LogP contribution < -0.4 is 4.31 Å². The lowest BCUT2D eigenvalue weighted by Crippen LogP contribution is -2.39. The van der Waals surface area contributed by atoms with Crippen LogP contribution in [0.25, 0.3) is 6.08 Å². The van der Waals surface area contributed by atoms with Gasteiger partial charge in [-0.2, -0.15) is 0 Å². The number of rotatable bonds is 4. The van der Waals surface area contributed by atoms with Crippen LogP contribution in [-0.4, -0.2) is 20.7 Å². The average molecular weight is 407 g/mol. The average Bonchev–Trinajstić information content (AvgIpc) is 2.72. The lowest BCUT2D eigenvalue weighted by atomic mass is 9.96. The van der Waals surface area contributed by atoms with Crippen molar-refractivity contribution in [1.29, 1.82) is 0 Å². The van der Waals surface area contributed by atoms with Crippen molar-refractivity contribution >= 4 is 27.6 Å². The molecular formula is C23H18FNO3S. The first-order valence-electron chi connectivity index (χ1n) is 9.08. The molecule has 0 unspecified atom stereocenters. The summed E-state index contributed by atoms with van der Waals surface area (Å²) in [7, 11) is -3.72. The highest BCUT2D eigenvalue weighted by atomic mass is 32.2. The van der Waals surface area contributed by atoms with Crippen LogP contribution in [0.4, 0.5) is 10.1 Å². The molecule has 29 heavy (non-hydrogen) atoms. The van der Waals surface area contributed by atoms with Crippen molar-refractivity contribution in [2.45, 2.75) is 5.75 Å². The van der Waals surface area contributed by atoms with E-state index in [1.165, 1.54) is 16.4 Å². The van der Waals surface area contributed by atoms with E-state index in [-0.39, 0.29) is 23.9 Å². The van der Waals surface area contributed by atoms with Crippen molar-refractivity contribution in [3.05, 3.63) is 107 Å². The number of halogens is 1. The van der Waals surface area contributed by atoms with Crippen LogP contribution >= 0.6 is 0 Å². The van der Waals surface area contributed by atoms with Gasteiger partial charge >= 0.3 is 0 Å². The highest BCUT2D eigenvalue weighted by Gasteiger charge is 2.33. The van der Waals surface area contributed by atoms with Gasteiger partial charge < -0.3 is 0 Å². The number of sulfonamides is 1. The summed E-state index contributed by atoms with van der Waals surface area (Å²) < 4.78 is 40.9. The molecule has 0 fully saturated rings. The second-order valence-electron chi connectivity index (χ2n) is 6.82. The van der Waals surface area contributed by atoms with Gasteiger partial charge in [0.15, 0.2) is 5.78 Å². The van der Waals surface area contributed by atoms with E-state index >= 15 is 0 Å². The van der Waals surface area contributed by atoms with E-state index in [4.69, 9.17) is 0 Å². The first-order valence-corrected chi connectivity index (χ1v) is 10.7. The Morgan fingerprint density at radius 2 is 1.55 bits per heavy atom. The van der Waals surface area contributed by atoms with Gasteiger partial charge in [0.25, 0.3) is 0 Å². The SMILES string of the molecule is O=C1C(=Cc2ccc(F)cc2)CN(S(=O)(=O)Cc2ccccc2)c2ccccc21. The molecule has 1 heterocycles. The van der Waals surface area contributed by atoms with E-state index in [2.05, 4.69) is 0 Å². The number of ketones is 1. The van der Waals surface area contributed by atoms with Crippen molar-refractivity contribution in [2.24, 2.45) is 0 Å². The van der Waals surface area contributed by atoms with Crippen LogP contribution in [0.2, 0.25) is 0 Å². The molecule has 0 spiro atoms. The number of carbonyl (C=O) groups excluding carboxylic acids is 1. The highest BCUT2D eigenvalue weighted by molar-refractivity contribution is 7.92. The smallest absolute Gasteiger partial charge is 0.239 e. The largest absolute Gasteiger partial charge is 0.289 e. The number of hydrogen-bond acceptors (Lipinski definition) is 3. The Morgan fingerprint density at radius 1 is 0.897 bits per heavy atom. The maximum atomic E-state index is 13.2. The van der Waals surface area contributed by atoms with Gasteiger partial charge in [-0.1, -0.05) is 54.6 Å². The molecule has 4 rings (SSSR count). The Labute approximate surface area is 169 Å². The van der Waals surface area contributed by atoms with Crippen molar-refractivity contribution in [1.82, 2.24) is 0 Å². The summed E-state index contributed by atoms with van der Waals surface area (Å²) in [6, 6.07) is 21.3. The monoisotopic (exact) mass is 407 g/mol. The maximum Gasteiger partial charge on any atom is 0.239 e. The van der Waals surface area contributed by atoms with E-state index in [0.29, 0.717) is 28.0 Å². The first kappa shape index (κ1) is 19.1. The lowest BCUT2D eigenvalue weighted by Gasteiger charge is -2.31. The molecule has 0 aliphatic carbocycles. The molecule has 3 aromatic rings. The van der Waals surface area contributed by atoms with Crippen LogP contribution in [0.3, 0.4) is 0 Å². The number of carbonyl (C=O) groups is 1. The van der Waals surface area contributed by atoms with Crippen LogP contribution in [0.5, 0.6) is 0 Å². The topological polar surface area (TPSA) is 54.5 Å². The molecule has 0 N–H and O–H groups in total. The third-order valence-corrected chi connectivity index (χ3v) is 6.46. The van der Waals surface area contributed by atoms with Gasteiger partial charge in [0.05, 0.1) is 18.0 Å². The van der Waals surface area contributed by atoms with E-state index in [0.717, 1.165) is 0 Å². The summed E-state index contributed by atoms with van der Waals surface area (Å²) in [5.41, 5.74) is 2.36. The number of nitrogens with zero attached hydrogens (tertiary/aromatic N) is 1. The standard InChI is InChI=1S/C23H18FNO3S/c24-20-12-10-17(11-13-20)14-19-15-25(22-9-5-4-8-21(22)23(19)26)29(27,28)16-18-6-2-1-3-7-18/h1-14H,15-16H2. The minimum Gasteiger partial charge on any atom is -0.289 e. The molecule has 146 valence electrons. The van der Waals surface area contributed by atoms with E-state index in [1.807, 2.05) is 6.07 Å². The normalized spacial score (nSPS) is 15.4. The molecule has 6 heteroatoms. The number of Topliss-reactive ketones (excluding diaryl/α,β-unsaturated/α-hetero) is 1. The Morgan fingerprint density at radius 3 is 2.28 bits per heavy atom. The van der Waals surface area contributed by atoms with E-state index in [9.17, 15) is 17.6 Å². The van der Waals surface area contributed by atoms with Crippen molar-refractivity contribution in [3.8, 4) is 0 Å². The van der Waals surface area contributed by atoms with Crippen LogP contribution in [0, 0.1) is 5.82 Å². The van der Waals surface area contributed by atoms with Gasteiger partial charge in [-0.3, -0.25) is 9.10 Å². The molecule has 0 bridgehead atoms. The summed E-state index contributed by atoms with van der Waals surface area (Å²) in [5, 5.41) is 0. The number of hydrogen-bond donors (Lipinski definition) is 0. The predicted molar refractivity (Wildman–Crippen MR) is 112 cm³/mol. The number of fused-ring (bicyclic) bond motifs is 1. The first-order chi connectivity index (χ1) is 13.9. The highest BCUT2D eigenvalue weighted by Crippen LogP contribution is 2.33. The molecule has 0 radical (unpaired) electrons. The number of anilines is 1. The predicted octanol–water partition coefficient (Wildman–Crippen LogP) is 4.44. The zero-order valence-corrected chi connectivity index (χ0v) is 16.3. The van der Waals surface area contributed by atoms with Gasteiger partial charge in [0.2, 0.25) is 10.0 Å². The van der Waals surface area contributed by atoms with Gasteiger partial charge in [-0.15, -0.1) is 0 Å². The van der Waals surface area contributed by atoms with Crippen molar-refractivity contribution in [2.75, 3.05) is 10.8 Å². The quantitative estimate of drug-likeness (QED) is 0.601. The van der Waals surface area contributed by atoms with Crippen LogP contribution in [0.1, 0.15) is 21.5 Å². The number of para-hydroxylation sites is 1. The van der Waals surface area contributed by atoms with Gasteiger partial charge in [-0.05, 0) is 41.5 Å². The zero-order chi connectivity index (χ0) is 20.4. The molecule has 1 aliphatic rings. The third-order valence-electron chi connectivity index (χ3n) is 4.76. The molecule has 0 amide bonds. The fourth-order valence-electron chi connectivity index (χ4n) is 3.35. The molecule has 3 aromatic carbocycles. The lowest BCUT2D eigenvalue weighted by molar-refractivity contribution is 0.103. The molecule has 0 saturated carbocycles. The van der Waals surface area contributed by atoms with Gasteiger partial charge in [-0.25, -0.2) is 12.8 Å². The third kappa shape index (κ3) is 3.98. The number of benzene rings is 3. The Balaban J connectivity index is 1.76. The minimum absolute atomic E-state index is 0.0671. The van der Waals surface area contributed by atoms with E-state index in [1.54, 1.807) is 66.7 Å². The summed E-state index contributed by atoms with van der Waals surface area (Å²) in [6.45, 7) is -0.0671. The van der Waals surface area contributed by atoms with Crippen LogP contribution in [-0.2, 0) is 15.8 Å². The minimum atomic E-state index is -3.72. The van der Waals surface area contributed by atoms with Crippen molar-refractivity contribution < 1.29 is 17.6 Å². The Hall–Kier alpha value is -3.25. The Bertz CT molecular complexity index is 1190. The van der Waals surface area contributed by atoms with Gasteiger partial charge in [0.1, 0.15) is 5.82 Å². The Kier molecular flexibility index (Phi) is 5.03. The summed E-state index contributed by atoms with van der Waals surface area (Å²) >= 11 is 0. The molecule has 0 aromatic heterocycles. The summed E-state index contributed by atoms with van der Waals surface area (Å²) in [4.78, 5) is 13.0. The van der Waals surface area contributed by atoms with Crippen molar-refractivity contribution in [3.63, 3.8) is 0 Å². The van der Waals surface area contributed by atoms with E-state index < -0.39 is 10.0 Å². The molecule has 0 saturated heterocycles. The molecule has 0 atom stereocenters. The van der Waals surface area contributed by atoms with Crippen LogP contribution in [0.15, 0.2) is 84.4 Å². The second kappa shape index (κ2) is 7.64. The second-order valence-corrected chi connectivity index (χ2v) is 8.71. The molecule has 4 nitrogen and oxygen atoms in total. The molecular weight excluding hydrogens is 389 g/mol. The zero-order valence-electron chi connectivity index (χ0n) is 15.5. The maximum absolute atomic E-state index is 13.2.